The van der Waals surface area contributed by atoms with Gasteiger partial charge in [-0.3, -0.25) is 0 Å². The van der Waals surface area contributed by atoms with Gasteiger partial charge in [0, 0.05) is 7.05 Å². The predicted molar refractivity (Wildman–Crippen MR) is 70.3 cm³/mol. The van der Waals surface area contributed by atoms with E-state index >= 15 is 0 Å². The van der Waals surface area contributed by atoms with Crippen LogP contribution in [0.2, 0.25) is 0 Å². The lowest BCUT2D eigenvalue weighted by atomic mass is 10.2. The number of ether oxygens (including phenoxy) is 1. The highest BCUT2D eigenvalue weighted by molar-refractivity contribution is 8.66. The molecule has 0 saturated carbocycles. The van der Waals surface area contributed by atoms with Crippen LogP contribution in [0.1, 0.15) is 5.56 Å². The van der Waals surface area contributed by atoms with Crippen molar-refractivity contribution in [2.75, 3.05) is 14.2 Å². The van der Waals surface area contributed by atoms with Gasteiger partial charge in [0.05, 0.1) is 12.9 Å². The largest absolute Gasteiger partial charge is 0.497 e. The van der Waals surface area contributed by atoms with Gasteiger partial charge in [-0.15, -0.1) is 0 Å². The van der Waals surface area contributed by atoms with Gasteiger partial charge in [-0.2, -0.15) is 12.7 Å². The van der Waals surface area contributed by atoms with E-state index in [1.165, 1.54) is 31.4 Å². The molecule has 0 bridgehead atoms. The summed E-state index contributed by atoms with van der Waals surface area (Å²) in [5.41, 5.74) is 0.202. The minimum Gasteiger partial charge on any atom is -0.497 e. The van der Waals surface area contributed by atoms with Crippen molar-refractivity contribution in [3.8, 4) is 5.75 Å². The van der Waals surface area contributed by atoms with Gasteiger partial charge in [0.25, 0.3) is 8.87 Å². The van der Waals surface area contributed by atoms with Crippen molar-refractivity contribution in [2.45, 2.75) is 5.75 Å². The van der Waals surface area contributed by atoms with Crippen molar-refractivity contribution in [3.05, 3.63) is 29.8 Å². The SMILES string of the molecule is COc1ccc(CS(=O)(=O)S(=O)(=O)N(C)C(=O)O)cc1. The van der Waals surface area contributed by atoms with E-state index in [9.17, 15) is 21.6 Å². The molecule has 10 heteroatoms. The van der Waals surface area contributed by atoms with Gasteiger partial charge < -0.3 is 9.84 Å². The fourth-order valence-electron chi connectivity index (χ4n) is 1.27. The number of benzene rings is 1. The molecule has 0 saturated heterocycles. The Hall–Kier alpha value is -1.81. The average Bonchev–Trinajstić information content (AvgIpc) is 2.37. The lowest BCUT2D eigenvalue weighted by Crippen LogP contribution is -2.37. The second-order valence-electron chi connectivity index (χ2n) is 3.76. The first-order valence-corrected chi connectivity index (χ1v) is 8.80. The van der Waals surface area contributed by atoms with E-state index in [0.29, 0.717) is 12.8 Å². The Balaban J connectivity index is 3.08. The molecular formula is C10H13NO7S2. The molecule has 0 unspecified atom stereocenters. The van der Waals surface area contributed by atoms with E-state index < -0.39 is 29.8 Å². The van der Waals surface area contributed by atoms with E-state index in [4.69, 9.17) is 9.84 Å². The Morgan fingerprint density at radius 3 is 2.10 bits per heavy atom. The van der Waals surface area contributed by atoms with Crippen molar-refractivity contribution in [2.24, 2.45) is 0 Å². The summed E-state index contributed by atoms with van der Waals surface area (Å²) in [6.45, 7) is 0. The van der Waals surface area contributed by atoms with Crippen LogP contribution in [-0.2, 0) is 23.7 Å². The first-order chi connectivity index (χ1) is 9.11. The monoisotopic (exact) mass is 323 g/mol. The second kappa shape index (κ2) is 5.67. The summed E-state index contributed by atoms with van der Waals surface area (Å²) < 4.78 is 51.6. The summed E-state index contributed by atoms with van der Waals surface area (Å²) in [5.74, 6) is -0.339. The zero-order chi connectivity index (χ0) is 15.6. The molecule has 0 atom stereocenters. The molecule has 20 heavy (non-hydrogen) atoms. The fraction of sp³-hybridized carbons (Fsp3) is 0.300. The molecule has 1 N–H and O–H groups in total. The third kappa shape index (κ3) is 3.20. The summed E-state index contributed by atoms with van der Waals surface area (Å²) >= 11 is 0. The maximum atomic E-state index is 11.8. The van der Waals surface area contributed by atoms with Crippen LogP contribution in [0.25, 0.3) is 0 Å². The minimum absolute atomic E-state index is 0.202. The van der Waals surface area contributed by atoms with Gasteiger partial charge in [-0.25, -0.2) is 13.2 Å². The maximum absolute atomic E-state index is 11.8. The molecule has 1 rings (SSSR count). The number of hydrogen-bond acceptors (Lipinski definition) is 6. The van der Waals surface area contributed by atoms with Gasteiger partial charge in [0.1, 0.15) is 5.75 Å². The van der Waals surface area contributed by atoms with Crippen LogP contribution in [0, 0.1) is 0 Å². The Morgan fingerprint density at radius 2 is 1.70 bits per heavy atom. The number of carboxylic acid groups (broad SMARTS) is 1. The molecule has 0 heterocycles. The van der Waals surface area contributed by atoms with E-state index in [1.807, 2.05) is 0 Å². The lowest BCUT2D eigenvalue weighted by molar-refractivity contribution is 0.178. The molecule has 0 fully saturated rings. The van der Waals surface area contributed by atoms with Gasteiger partial charge in [-0.05, 0) is 17.7 Å². The van der Waals surface area contributed by atoms with E-state index in [0.717, 1.165) is 0 Å². The van der Waals surface area contributed by atoms with Crippen LogP contribution >= 0.6 is 0 Å². The number of carbonyl (C=O) groups is 1. The van der Waals surface area contributed by atoms with Gasteiger partial charge in [0.15, 0.2) is 0 Å². The molecule has 8 nitrogen and oxygen atoms in total. The van der Waals surface area contributed by atoms with Crippen molar-refractivity contribution in [1.82, 2.24) is 4.31 Å². The summed E-state index contributed by atoms with van der Waals surface area (Å²) in [6, 6.07) is 5.70. The van der Waals surface area contributed by atoms with E-state index in [-0.39, 0.29) is 9.87 Å². The van der Waals surface area contributed by atoms with Crippen LogP contribution in [0.15, 0.2) is 24.3 Å². The van der Waals surface area contributed by atoms with Gasteiger partial charge in [-0.1, -0.05) is 12.1 Å². The first-order valence-electron chi connectivity index (χ1n) is 5.19. The van der Waals surface area contributed by atoms with Crippen LogP contribution in [0.3, 0.4) is 0 Å². The molecule has 0 aliphatic carbocycles. The molecule has 1 aromatic rings. The number of amides is 1. The minimum atomic E-state index is -4.98. The smallest absolute Gasteiger partial charge is 0.421 e. The zero-order valence-corrected chi connectivity index (χ0v) is 12.3. The Bertz CT molecular complexity index is 692. The van der Waals surface area contributed by atoms with Crippen molar-refractivity contribution in [1.29, 1.82) is 0 Å². The highest BCUT2D eigenvalue weighted by Crippen LogP contribution is 2.18. The predicted octanol–water partition coefficient (Wildman–Crippen LogP) is 0.465. The Morgan fingerprint density at radius 1 is 1.20 bits per heavy atom. The highest BCUT2D eigenvalue weighted by Gasteiger charge is 2.37. The van der Waals surface area contributed by atoms with Crippen LogP contribution in [-0.4, -0.2) is 46.5 Å². The Kier molecular flexibility index (Phi) is 4.61. The van der Waals surface area contributed by atoms with E-state index in [1.54, 1.807) is 0 Å². The van der Waals surface area contributed by atoms with Crippen LogP contribution in [0.5, 0.6) is 5.75 Å². The van der Waals surface area contributed by atoms with Crippen LogP contribution < -0.4 is 4.74 Å². The summed E-state index contributed by atoms with van der Waals surface area (Å²) in [5, 5.41) is 8.58. The number of methoxy groups -OCH3 is 1. The quantitative estimate of drug-likeness (QED) is 0.782. The fourth-order valence-corrected chi connectivity index (χ4v) is 4.62. The zero-order valence-electron chi connectivity index (χ0n) is 10.7. The van der Waals surface area contributed by atoms with Crippen molar-refractivity contribution in [3.63, 3.8) is 0 Å². The van der Waals surface area contributed by atoms with Gasteiger partial charge >= 0.3 is 15.1 Å². The molecule has 0 radical (unpaired) electrons. The topological polar surface area (TPSA) is 118 Å². The molecule has 0 aromatic heterocycles. The molecule has 0 aliphatic heterocycles. The average molecular weight is 323 g/mol. The molecular weight excluding hydrogens is 310 g/mol. The number of rotatable bonds is 5. The molecule has 1 aromatic carbocycles. The van der Waals surface area contributed by atoms with Crippen molar-refractivity contribution < 1.29 is 31.5 Å². The maximum Gasteiger partial charge on any atom is 0.421 e. The molecule has 0 aliphatic rings. The summed E-state index contributed by atoms with van der Waals surface area (Å²) in [4.78, 5) is 10.6. The number of nitrogens with zero attached hydrogens (tertiary/aromatic N) is 1. The summed E-state index contributed by atoms with van der Waals surface area (Å²) in [7, 11) is -7.59. The first kappa shape index (κ1) is 16.2. The summed E-state index contributed by atoms with van der Waals surface area (Å²) in [6.07, 6.45) is -1.87. The standard InChI is InChI=1S/C10H13NO7S2/c1-11(10(12)13)20(16,17)19(14,15)7-8-3-5-9(18-2)6-4-8/h3-6H,7H2,1-2H3,(H,12,13). The second-order valence-corrected chi connectivity index (χ2v) is 9.35. The highest BCUT2D eigenvalue weighted by atomic mass is 33.2. The van der Waals surface area contributed by atoms with Gasteiger partial charge in [0.2, 0.25) is 0 Å². The molecule has 0 spiro atoms. The number of hydrogen-bond donors (Lipinski definition) is 1. The molecule has 1 amide bonds. The Labute approximate surface area is 116 Å². The third-order valence-corrected chi connectivity index (χ3v) is 7.53. The normalized spacial score (nSPS) is 11.9. The molecule has 112 valence electrons. The van der Waals surface area contributed by atoms with Crippen molar-refractivity contribution >= 4 is 24.0 Å². The van der Waals surface area contributed by atoms with Crippen LogP contribution in [0.4, 0.5) is 4.79 Å². The lowest BCUT2D eigenvalue weighted by Gasteiger charge is -2.13. The van der Waals surface area contributed by atoms with E-state index in [2.05, 4.69) is 0 Å². The third-order valence-electron chi connectivity index (χ3n) is 2.43.